The number of rotatable bonds is 36. The van der Waals surface area contributed by atoms with Crippen molar-refractivity contribution >= 4 is 17.8 Å². The smallest absolute Gasteiger partial charge is 0.303 e. The Labute approximate surface area is 606 Å². The Hall–Kier alpha value is -8.23. The average molecular weight is 1420 g/mol. The third-order valence-electron chi connectivity index (χ3n) is 19.3. The van der Waals surface area contributed by atoms with Gasteiger partial charge in [0.2, 0.25) is 0 Å². The first-order valence-corrected chi connectivity index (χ1v) is 36.1. The maximum atomic E-state index is 15.2. The second-order valence-electron chi connectivity index (χ2n) is 26.7. The monoisotopic (exact) mass is 1420 g/mol. The van der Waals surface area contributed by atoms with Crippen molar-refractivity contribution in [2.45, 2.75) is 183 Å². The highest BCUT2D eigenvalue weighted by molar-refractivity contribution is 6.21. The van der Waals surface area contributed by atoms with Gasteiger partial charge < -0.3 is 76.5 Å². The number of imide groups is 1. The van der Waals surface area contributed by atoms with E-state index in [0.29, 0.717) is 12.8 Å². The fourth-order valence-electron chi connectivity index (χ4n) is 13.9. The van der Waals surface area contributed by atoms with E-state index in [0.717, 1.165) is 69.5 Å². The van der Waals surface area contributed by atoms with Gasteiger partial charge in [-0.2, -0.15) is 0 Å². The van der Waals surface area contributed by atoms with Crippen LogP contribution < -0.4 is 0 Å². The van der Waals surface area contributed by atoms with Gasteiger partial charge in [-0.05, 0) is 58.4 Å². The van der Waals surface area contributed by atoms with Crippen LogP contribution >= 0.6 is 0 Å². The number of unbranched alkanes of at least 4 members (excludes halogenated alkanes) is 5. The van der Waals surface area contributed by atoms with Gasteiger partial charge in [-0.25, -0.2) is 0 Å². The molecule has 0 spiro atoms. The van der Waals surface area contributed by atoms with Crippen LogP contribution in [-0.4, -0.2) is 151 Å². The maximum absolute atomic E-state index is 15.2. The van der Waals surface area contributed by atoms with Gasteiger partial charge in [0.25, 0.3) is 11.8 Å². The highest BCUT2D eigenvalue weighted by Gasteiger charge is 2.59. The van der Waals surface area contributed by atoms with E-state index in [9.17, 15) is 15.0 Å². The van der Waals surface area contributed by atoms with Crippen molar-refractivity contribution in [2.75, 3.05) is 26.4 Å². The summed E-state index contributed by atoms with van der Waals surface area (Å²) in [6.45, 7) is 0.487. The molecule has 0 saturated carbocycles. The van der Waals surface area contributed by atoms with Crippen LogP contribution in [0.1, 0.15) is 111 Å². The number of hydrogen-bond donors (Lipinski definition) is 2. The van der Waals surface area contributed by atoms with Gasteiger partial charge in [0, 0.05) is 18.6 Å². The number of aliphatic hydroxyl groups excluding tert-OH is 1. The number of carbonyl (C=O) groups excluding carboxylic acids is 2. The van der Waals surface area contributed by atoms with Gasteiger partial charge in [-0.15, -0.1) is 0 Å². The SMILES string of the molecule is O=C(O)CCCCCCCCO[C@@H]1O[C@H](CO[C@H]2O[C@@H]3COC(c4ccccc4)O[C@H]3[C@H](OCc3ccccc3)[C@@H]2O[C@@H]2O[C@H](COCc3ccccc3)[C@@H](O)[C@H](OCc3ccccc3)[C@H]2N2C(=O)c3ccccc3C2=O)[C@@H](OCc2ccccc2)[C@H](OCc2ccccc2)[C@@H]1OCc1ccccc1. The van der Waals surface area contributed by atoms with Crippen molar-refractivity contribution in [3.05, 3.63) is 287 Å². The minimum atomic E-state index is -1.63. The molecule has 0 radical (unpaired) electrons. The van der Waals surface area contributed by atoms with E-state index in [1.165, 1.54) is 0 Å². The van der Waals surface area contributed by atoms with E-state index in [1.807, 2.05) is 212 Å². The van der Waals surface area contributed by atoms with Gasteiger partial charge in [0.1, 0.15) is 73.2 Å². The maximum Gasteiger partial charge on any atom is 0.303 e. The zero-order valence-electron chi connectivity index (χ0n) is 58.1. The van der Waals surface area contributed by atoms with E-state index in [1.54, 1.807) is 24.3 Å². The minimum Gasteiger partial charge on any atom is -0.481 e. The second kappa shape index (κ2) is 37.7. The summed E-state index contributed by atoms with van der Waals surface area (Å²) >= 11 is 0. The summed E-state index contributed by atoms with van der Waals surface area (Å²) < 4.78 is 98.8. The number of hydrogen-bond acceptors (Lipinski definition) is 18. The lowest BCUT2D eigenvalue weighted by Gasteiger charge is -2.52. The van der Waals surface area contributed by atoms with E-state index < -0.39 is 116 Å². The largest absolute Gasteiger partial charge is 0.481 e. The molecule has 1 unspecified atom stereocenters. The lowest BCUT2D eigenvalue weighted by atomic mass is 9.93. The summed E-state index contributed by atoms with van der Waals surface area (Å²) in [6.07, 6.45) is -12.3. The van der Waals surface area contributed by atoms with Gasteiger partial charge in [0.15, 0.2) is 25.2 Å². The van der Waals surface area contributed by atoms with E-state index in [4.69, 9.17) is 66.3 Å². The number of benzene rings is 8. The fourth-order valence-corrected chi connectivity index (χ4v) is 13.9. The first kappa shape index (κ1) is 74.1. The van der Waals surface area contributed by atoms with Crippen molar-refractivity contribution < 1.29 is 90.9 Å². The van der Waals surface area contributed by atoms with Crippen LogP contribution in [0.15, 0.2) is 237 Å². The highest BCUT2D eigenvalue weighted by atomic mass is 16.8. The van der Waals surface area contributed by atoms with Gasteiger partial charge in [0.05, 0.1) is 70.6 Å². The molecule has 0 aromatic heterocycles. The number of amides is 2. The second-order valence-corrected chi connectivity index (χ2v) is 26.7. The molecule has 20 heteroatoms. The number of carboxylic acids is 1. The third-order valence-corrected chi connectivity index (χ3v) is 19.3. The van der Waals surface area contributed by atoms with Crippen LogP contribution in [0.2, 0.25) is 0 Å². The first-order chi connectivity index (χ1) is 51.2. The average Bonchev–Trinajstić information content (AvgIpc) is 1.74. The molecule has 13 rings (SSSR count). The Balaban J connectivity index is 0.893. The quantitative estimate of drug-likeness (QED) is 0.0275. The molecule has 20 nitrogen and oxygen atoms in total. The van der Waals surface area contributed by atoms with E-state index in [-0.39, 0.29) is 83.6 Å². The molecular formula is C84H91NO19. The van der Waals surface area contributed by atoms with Crippen molar-refractivity contribution in [3.63, 3.8) is 0 Å². The van der Waals surface area contributed by atoms with E-state index in [2.05, 4.69) is 0 Å². The van der Waals surface area contributed by atoms with Gasteiger partial charge in [-0.3, -0.25) is 19.3 Å². The van der Waals surface area contributed by atoms with Crippen LogP contribution in [0.5, 0.6) is 0 Å². The van der Waals surface area contributed by atoms with Crippen molar-refractivity contribution in [2.24, 2.45) is 0 Å². The van der Waals surface area contributed by atoms with Crippen LogP contribution in [0.25, 0.3) is 0 Å². The predicted octanol–water partition coefficient (Wildman–Crippen LogP) is 12.7. The molecule has 0 bridgehead atoms. The molecule has 0 aliphatic carbocycles. The molecular weight excluding hydrogens is 1330 g/mol. The molecule has 2 N–H and O–H groups in total. The van der Waals surface area contributed by atoms with Crippen molar-refractivity contribution in [1.29, 1.82) is 0 Å². The van der Waals surface area contributed by atoms with Crippen LogP contribution in [-0.2, 0) is 111 Å². The Morgan fingerprint density at radius 1 is 0.404 bits per heavy atom. The standard InChI is InChI=1S/C84H91NO19/c86-69(87)46-26-3-1-2-4-29-47-92-83-77(97-53-62-40-22-10-23-41-62)75(95-51-60-36-18-8-19-37-60)72(93-49-58-32-14-6-15-33-58)67(101-83)55-99-84-78(76(96-52-61-38-20-9-21-39-61)73-68(102-84)56-98-81(103-73)63-42-24-11-25-43-63)104-82-70(85-79(89)64-44-27-28-45-65(64)80(85)90)74(94-50-59-34-16-7-17-35-59)71(88)66(100-82)54-91-48-57-30-12-5-13-31-57/h5-25,27-28,30-45,66-68,70-78,81-84,88H,1-4,26,29,46-56H2,(H,86,87)/t66-,67-,68-,70-,71-,72-,73-,74-,75+,76+,77+,78+,81?,82+,83-,84+/m1/s1. The zero-order valence-corrected chi connectivity index (χ0v) is 58.1. The normalized spacial score (nSPS) is 26.8. The Morgan fingerprint density at radius 2 is 0.837 bits per heavy atom. The minimum absolute atomic E-state index is 0.0127. The molecule has 4 fully saturated rings. The van der Waals surface area contributed by atoms with Crippen molar-refractivity contribution in [3.8, 4) is 0 Å². The third kappa shape index (κ3) is 19.4. The number of aliphatic carboxylic acids is 1. The molecule has 546 valence electrons. The number of aliphatic hydroxyl groups is 1. The van der Waals surface area contributed by atoms with Gasteiger partial charge >= 0.3 is 5.97 Å². The molecule has 5 heterocycles. The van der Waals surface area contributed by atoms with Crippen LogP contribution in [0.4, 0.5) is 0 Å². The molecule has 2 amide bonds. The topological polar surface area (TPSA) is 224 Å². The lowest BCUT2D eigenvalue weighted by Crippen LogP contribution is -2.69. The number of nitrogens with zero attached hydrogens (tertiary/aromatic N) is 1. The summed E-state index contributed by atoms with van der Waals surface area (Å²) in [5, 5.41) is 22.2. The predicted molar refractivity (Wildman–Crippen MR) is 381 cm³/mol. The lowest BCUT2D eigenvalue weighted by molar-refractivity contribution is -0.399. The first-order valence-electron chi connectivity index (χ1n) is 36.1. The van der Waals surface area contributed by atoms with Crippen molar-refractivity contribution in [1.82, 2.24) is 4.90 Å². The fraction of sp³-hybridized carbons (Fsp3) is 0.393. The number of fused-ring (bicyclic) bond motifs is 2. The highest BCUT2D eigenvalue weighted by Crippen LogP contribution is 2.42. The molecule has 104 heavy (non-hydrogen) atoms. The molecule has 8 aromatic carbocycles. The Morgan fingerprint density at radius 3 is 1.37 bits per heavy atom. The van der Waals surface area contributed by atoms with Crippen LogP contribution in [0, 0.1) is 0 Å². The van der Waals surface area contributed by atoms with Gasteiger partial charge in [-0.1, -0.05) is 250 Å². The summed E-state index contributed by atoms with van der Waals surface area (Å²) in [5.41, 5.74) is 6.21. The molecule has 4 saturated heterocycles. The number of ether oxygens (including phenoxy) is 14. The zero-order chi connectivity index (χ0) is 71.2. The summed E-state index contributed by atoms with van der Waals surface area (Å²) in [7, 11) is 0. The molecule has 16 atom stereocenters. The summed E-state index contributed by atoms with van der Waals surface area (Å²) in [6, 6.07) is 72.8. The number of carbonyl (C=O) groups is 3. The molecule has 8 aromatic rings. The molecule has 5 aliphatic rings. The summed E-state index contributed by atoms with van der Waals surface area (Å²) in [4.78, 5) is 42.8. The summed E-state index contributed by atoms with van der Waals surface area (Å²) in [5.74, 6) is -2.09. The Bertz CT molecular complexity index is 3860. The Kier molecular flexibility index (Phi) is 26.8. The van der Waals surface area contributed by atoms with Crippen LogP contribution in [0.3, 0.4) is 0 Å². The molecule has 5 aliphatic heterocycles. The van der Waals surface area contributed by atoms with E-state index >= 15 is 9.59 Å². The number of carboxylic acid groups (broad SMARTS) is 1.